The third-order valence-corrected chi connectivity index (χ3v) is 5.15. The van der Waals surface area contributed by atoms with Crippen LogP contribution in [0.25, 0.3) is 0 Å². The third-order valence-electron chi connectivity index (χ3n) is 5.15. The van der Waals surface area contributed by atoms with Crippen molar-refractivity contribution in [2.45, 2.75) is 50.9 Å². The van der Waals surface area contributed by atoms with Gasteiger partial charge < -0.3 is 5.32 Å². The summed E-state index contributed by atoms with van der Waals surface area (Å²) in [4.78, 5) is 26.0. The van der Waals surface area contributed by atoms with Gasteiger partial charge in [0, 0.05) is 0 Å². The van der Waals surface area contributed by atoms with E-state index in [-0.39, 0.29) is 18.0 Å². The minimum Gasteiger partial charge on any atom is -0.323 e. The van der Waals surface area contributed by atoms with Crippen molar-refractivity contribution in [3.63, 3.8) is 0 Å². The van der Waals surface area contributed by atoms with Crippen molar-refractivity contribution < 1.29 is 22.8 Å². The third kappa shape index (κ3) is 2.65. The van der Waals surface area contributed by atoms with Gasteiger partial charge in [-0.2, -0.15) is 13.2 Å². The molecule has 0 unspecified atom stereocenters. The Kier molecular flexibility index (Phi) is 4.05. The van der Waals surface area contributed by atoms with Crippen LogP contribution < -0.4 is 5.32 Å². The van der Waals surface area contributed by atoms with Gasteiger partial charge in [0.05, 0.1) is 12.1 Å². The van der Waals surface area contributed by atoms with Crippen molar-refractivity contribution in [2.24, 2.45) is 5.92 Å². The first-order chi connectivity index (χ1) is 11.3. The summed E-state index contributed by atoms with van der Waals surface area (Å²) < 4.78 is 39.4. The Morgan fingerprint density at radius 1 is 1.25 bits per heavy atom. The van der Waals surface area contributed by atoms with Gasteiger partial charge in [-0.15, -0.1) is 0 Å². The van der Waals surface area contributed by atoms with Crippen LogP contribution in [-0.2, 0) is 17.5 Å². The molecular formula is C17H19F3N2O2. The van der Waals surface area contributed by atoms with E-state index in [1.165, 1.54) is 18.2 Å². The molecule has 2 fully saturated rings. The molecule has 7 heteroatoms. The highest BCUT2D eigenvalue weighted by molar-refractivity contribution is 6.07. The van der Waals surface area contributed by atoms with Crippen molar-refractivity contribution in [1.29, 1.82) is 0 Å². The van der Waals surface area contributed by atoms with Crippen molar-refractivity contribution >= 4 is 11.9 Å². The Balaban J connectivity index is 1.89. The van der Waals surface area contributed by atoms with Crippen LogP contribution in [0, 0.1) is 5.92 Å². The van der Waals surface area contributed by atoms with Crippen LogP contribution >= 0.6 is 0 Å². The number of hydrogen-bond acceptors (Lipinski definition) is 2. The Bertz CT molecular complexity index is 674. The molecule has 1 aliphatic heterocycles. The number of imide groups is 1. The fourth-order valence-corrected chi connectivity index (χ4v) is 3.74. The maximum absolute atomic E-state index is 13.1. The van der Waals surface area contributed by atoms with Crippen molar-refractivity contribution in [3.8, 4) is 0 Å². The quantitative estimate of drug-likeness (QED) is 0.835. The largest absolute Gasteiger partial charge is 0.416 e. The average Bonchev–Trinajstić information content (AvgIpc) is 2.75. The maximum atomic E-state index is 13.1. The van der Waals surface area contributed by atoms with Crippen molar-refractivity contribution in [2.75, 3.05) is 0 Å². The molecule has 1 aromatic rings. The van der Waals surface area contributed by atoms with E-state index in [0.29, 0.717) is 6.42 Å². The van der Waals surface area contributed by atoms with E-state index >= 15 is 0 Å². The van der Waals surface area contributed by atoms with Crippen LogP contribution in [0.2, 0.25) is 0 Å². The first-order valence-corrected chi connectivity index (χ1v) is 8.05. The van der Waals surface area contributed by atoms with Crippen molar-refractivity contribution in [3.05, 3.63) is 35.4 Å². The summed E-state index contributed by atoms with van der Waals surface area (Å²) in [5.74, 6) is -0.428. The van der Waals surface area contributed by atoms with Crippen LogP contribution in [0.5, 0.6) is 0 Å². The van der Waals surface area contributed by atoms with Gasteiger partial charge in [-0.05, 0) is 30.4 Å². The second kappa shape index (κ2) is 5.79. The molecule has 1 aliphatic carbocycles. The number of carbonyl (C=O) groups is 2. The molecule has 1 spiro atoms. The fourth-order valence-electron chi connectivity index (χ4n) is 3.74. The molecule has 1 saturated heterocycles. The summed E-state index contributed by atoms with van der Waals surface area (Å²) in [5.41, 5.74) is -1.85. The van der Waals surface area contributed by atoms with E-state index in [2.05, 4.69) is 5.32 Å². The number of halogens is 3. The van der Waals surface area contributed by atoms with Gasteiger partial charge in [0.25, 0.3) is 5.91 Å². The van der Waals surface area contributed by atoms with Crippen LogP contribution in [0.3, 0.4) is 0 Å². The summed E-state index contributed by atoms with van der Waals surface area (Å²) in [6.45, 7) is 1.54. The molecule has 4 nitrogen and oxygen atoms in total. The number of urea groups is 1. The van der Waals surface area contributed by atoms with E-state index in [4.69, 9.17) is 0 Å². The second-order valence-corrected chi connectivity index (χ2v) is 6.59. The van der Waals surface area contributed by atoms with E-state index in [1.54, 1.807) is 0 Å². The zero-order chi connectivity index (χ0) is 17.5. The van der Waals surface area contributed by atoms with Gasteiger partial charge in [-0.1, -0.05) is 38.0 Å². The molecule has 0 aromatic heterocycles. The maximum Gasteiger partial charge on any atom is 0.416 e. The lowest BCUT2D eigenvalue weighted by Crippen LogP contribution is -2.53. The Morgan fingerprint density at radius 2 is 1.96 bits per heavy atom. The van der Waals surface area contributed by atoms with Gasteiger partial charge in [-0.25, -0.2) is 4.79 Å². The smallest absolute Gasteiger partial charge is 0.323 e. The lowest BCUT2D eigenvalue weighted by atomic mass is 9.73. The number of nitrogens with zero attached hydrogens (tertiary/aromatic N) is 1. The van der Waals surface area contributed by atoms with Crippen LogP contribution in [0.4, 0.5) is 18.0 Å². The molecule has 1 aromatic carbocycles. The predicted molar refractivity (Wildman–Crippen MR) is 80.9 cm³/mol. The van der Waals surface area contributed by atoms with E-state index in [0.717, 1.165) is 30.2 Å². The molecule has 1 saturated carbocycles. The van der Waals surface area contributed by atoms with Gasteiger partial charge in [-0.3, -0.25) is 9.69 Å². The minimum atomic E-state index is -4.52. The normalized spacial score (nSPS) is 27.7. The summed E-state index contributed by atoms with van der Waals surface area (Å²) in [6.07, 6.45) is -1.35. The molecule has 3 rings (SSSR count). The lowest BCUT2D eigenvalue weighted by Gasteiger charge is -2.36. The number of amides is 3. The SMILES string of the molecule is C[C@@H]1CCCC[C@]12NC(=O)N(Cc1ccccc1C(F)(F)F)C2=O. The predicted octanol–water partition coefficient (Wildman–Crippen LogP) is 3.71. The monoisotopic (exact) mass is 340 g/mol. The number of rotatable bonds is 2. The number of nitrogens with one attached hydrogen (secondary N) is 1. The zero-order valence-corrected chi connectivity index (χ0v) is 13.3. The molecule has 0 radical (unpaired) electrons. The Labute approximate surface area is 138 Å². The molecule has 2 aliphatic rings. The summed E-state index contributed by atoms with van der Waals surface area (Å²) in [6, 6.07) is 4.43. The van der Waals surface area contributed by atoms with Gasteiger partial charge in [0.2, 0.25) is 0 Å². The molecule has 1 heterocycles. The Hall–Kier alpha value is -2.05. The molecule has 1 N–H and O–H groups in total. The van der Waals surface area contributed by atoms with Crippen molar-refractivity contribution in [1.82, 2.24) is 10.2 Å². The second-order valence-electron chi connectivity index (χ2n) is 6.59. The van der Waals surface area contributed by atoms with Gasteiger partial charge >= 0.3 is 12.2 Å². The summed E-state index contributed by atoms with van der Waals surface area (Å²) in [5, 5.41) is 2.75. The highest BCUT2D eigenvalue weighted by atomic mass is 19.4. The molecule has 3 amide bonds. The van der Waals surface area contributed by atoms with Gasteiger partial charge in [0.1, 0.15) is 5.54 Å². The molecular weight excluding hydrogens is 321 g/mol. The number of alkyl halides is 3. The lowest BCUT2D eigenvalue weighted by molar-refractivity contribution is -0.140. The number of benzene rings is 1. The highest BCUT2D eigenvalue weighted by Gasteiger charge is 2.55. The molecule has 24 heavy (non-hydrogen) atoms. The topological polar surface area (TPSA) is 49.4 Å². The molecule has 130 valence electrons. The zero-order valence-electron chi connectivity index (χ0n) is 13.3. The number of carbonyl (C=O) groups excluding carboxylic acids is 2. The highest BCUT2D eigenvalue weighted by Crippen LogP contribution is 2.39. The fraction of sp³-hybridized carbons (Fsp3) is 0.529. The molecule has 0 bridgehead atoms. The number of hydrogen-bond donors (Lipinski definition) is 1. The summed E-state index contributed by atoms with van der Waals surface area (Å²) >= 11 is 0. The van der Waals surface area contributed by atoms with Crippen LogP contribution in [0.15, 0.2) is 24.3 Å². The average molecular weight is 340 g/mol. The van der Waals surface area contributed by atoms with E-state index in [9.17, 15) is 22.8 Å². The first kappa shape index (κ1) is 16.8. The van der Waals surface area contributed by atoms with Crippen LogP contribution in [-0.4, -0.2) is 22.4 Å². The standard InChI is InChI=1S/C17H19F3N2O2/c1-11-6-4-5-9-16(11)14(23)22(15(24)21-16)10-12-7-2-3-8-13(12)17(18,19)20/h2-3,7-8,11H,4-6,9-10H2,1H3,(H,21,24)/t11-,16+/m1/s1. The molecule has 2 atom stereocenters. The summed E-state index contributed by atoms with van der Waals surface area (Å²) in [7, 11) is 0. The minimum absolute atomic E-state index is 0.0226. The van der Waals surface area contributed by atoms with E-state index in [1.807, 2.05) is 6.92 Å². The Morgan fingerprint density at radius 3 is 2.62 bits per heavy atom. The van der Waals surface area contributed by atoms with E-state index < -0.39 is 29.2 Å². The first-order valence-electron chi connectivity index (χ1n) is 8.05. The van der Waals surface area contributed by atoms with Gasteiger partial charge in [0.15, 0.2) is 0 Å². The van der Waals surface area contributed by atoms with Crippen LogP contribution in [0.1, 0.15) is 43.7 Å².